The molecule has 3 rings (SSSR count). The third-order valence-electron chi connectivity index (χ3n) is 5.15. The van der Waals surface area contributed by atoms with Crippen LogP contribution < -0.4 is 21.0 Å². The van der Waals surface area contributed by atoms with Crippen LogP contribution in [0.4, 0.5) is 11.5 Å². The van der Waals surface area contributed by atoms with Gasteiger partial charge >= 0.3 is 19.4 Å². The van der Waals surface area contributed by atoms with Gasteiger partial charge in [0.15, 0.2) is 0 Å². The first-order valence-electron chi connectivity index (χ1n) is 10.6. The van der Waals surface area contributed by atoms with Gasteiger partial charge in [0.05, 0.1) is 30.7 Å². The molecular weight excluding hydrogens is 485 g/mol. The van der Waals surface area contributed by atoms with Gasteiger partial charge in [-0.1, -0.05) is 6.92 Å². The molecule has 0 bridgehead atoms. The number of nitrogens with one attached hydrogen (secondary N) is 1. The highest BCUT2D eigenvalue weighted by Crippen LogP contribution is 2.45. The Labute approximate surface area is 200 Å². The molecule has 1 aromatic carbocycles. The van der Waals surface area contributed by atoms with Gasteiger partial charge in [-0.25, -0.2) is 14.4 Å². The number of carbonyl (C=O) groups is 1. The molecule has 1 fully saturated rings. The lowest BCUT2D eigenvalue weighted by Gasteiger charge is -2.23. The summed E-state index contributed by atoms with van der Waals surface area (Å²) in [7, 11) is -2.82. The smallest absolute Gasteiger partial charge is 0.458 e. The lowest BCUT2D eigenvalue weighted by atomic mass is 10.2. The second-order valence-electron chi connectivity index (χ2n) is 7.75. The number of rotatable bonds is 11. The molecule has 1 aliphatic rings. The zero-order chi connectivity index (χ0) is 25.6. The van der Waals surface area contributed by atoms with E-state index in [0.717, 1.165) is 0 Å². The van der Waals surface area contributed by atoms with Crippen molar-refractivity contribution in [1.29, 1.82) is 0 Å². The summed E-state index contributed by atoms with van der Waals surface area (Å²) in [4.78, 5) is 37.7. The number of carbonyl (C=O) groups excluding carboxylic acids is 1. The van der Waals surface area contributed by atoms with Crippen molar-refractivity contribution < 1.29 is 32.8 Å². The summed E-state index contributed by atoms with van der Waals surface area (Å²) in [6, 6.07) is 6.43. The summed E-state index contributed by atoms with van der Waals surface area (Å²) >= 11 is 0. The summed E-state index contributed by atoms with van der Waals surface area (Å²) in [6.45, 7) is 1.33. The number of ether oxygens (including phenoxy) is 2. The first-order chi connectivity index (χ1) is 16.6. The van der Waals surface area contributed by atoms with Crippen LogP contribution in [-0.2, 0) is 23.4 Å². The molecule has 1 aliphatic heterocycles. The van der Waals surface area contributed by atoms with E-state index >= 15 is 0 Å². The highest BCUT2D eigenvalue weighted by molar-refractivity contribution is 7.52. The number of aromatic nitrogens is 2. The van der Waals surface area contributed by atoms with Crippen LogP contribution >= 0.6 is 7.75 Å². The van der Waals surface area contributed by atoms with Crippen molar-refractivity contribution in [2.24, 2.45) is 5.92 Å². The Morgan fingerprint density at radius 2 is 2.09 bits per heavy atom. The van der Waals surface area contributed by atoms with Gasteiger partial charge in [-0.05, 0) is 31.0 Å². The molecule has 14 nitrogen and oxygen atoms in total. The molecule has 2 heterocycles. The predicted octanol–water partition coefficient (Wildman–Crippen LogP) is 2.01. The Balaban J connectivity index is 1.67. The lowest BCUT2D eigenvalue weighted by Crippen LogP contribution is -2.29. The second kappa shape index (κ2) is 11.4. The van der Waals surface area contributed by atoms with Crippen molar-refractivity contribution in [2.75, 3.05) is 26.0 Å². The van der Waals surface area contributed by atoms with Crippen LogP contribution in [0.5, 0.6) is 5.75 Å². The van der Waals surface area contributed by atoms with Gasteiger partial charge in [0, 0.05) is 24.9 Å². The fourth-order valence-electron chi connectivity index (χ4n) is 3.25. The van der Waals surface area contributed by atoms with Gasteiger partial charge in [-0.2, -0.15) is 4.98 Å². The summed E-state index contributed by atoms with van der Waals surface area (Å²) < 4.78 is 36.4. The van der Waals surface area contributed by atoms with Gasteiger partial charge in [-0.3, -0.25) is 24.0 Å². The highest BCUT2D eigenvalue weighted by atomic mass is 31.2. The van der Waals surface area contributed by atoms with Crippen molar-refractivity contribution in [3.05, 3.63) is 57.1 Å². The maximum Gasteiger partial charge on any atom is 0.458 e. The Hall–Kier alpha value is -3.32. The fraction of sp³-hybridized carbons (Fsp3) is 0.450. The summed E-state index contributed by atoms with van der Waals surface area (Å²) in [5.74, 6) is -1.03. The minimum atomic E-state index is -4.05. The van der Waals surface area contributed by atoms with E-state index in [-0.39, 0.29) is 30.4 Å². The third-order valence-corrected chi connectivity index (χ3v) is 6.66. The molecule has 0 aliphatic carbocycles. The highest BCUT2D eigenvalue weighted by Gasteiger charge is 2.33. The van der Waals surface area contributed by atoms with Crippen LogP contribution in [0.15, 0.2) is 41.3 Å². The largest absolute Gasteiger partial charge is 0.469 e. The van der Waals surface area contributed by atoms with Gasteiger partial charge < -0.3 is 19.7 Å². The van der Waals surface area contributed by atoms with Crippen LogP contribution in [0, 0.1) is 16.0 Å². The average Bonchev–Trinajstić information content (AvgIpc) is 3.30. The zero-order valence-electron chi connectivity index (χ0n) is 19.1. The maximum absolute atomic E-state index is 13.4. The molecule has 15 heteroatoms. The maximum atomic E-state index is 13.4. The van der Waals surface area contributed by atoms with Crippen molar-refractivity contribution in [2.45, 2.75) is 32.1 Å². The molecule has 0 radical (unpaired) electrons. The van der Waals surface area contributed by atoms with Crippen LogP contribution in [-0.4, -0.2) is 46.8 Å². The minimum absolute atomic E-state index is 0.0573. The monoisotopic (exact) mass is 511 g/mol. The molecule has 3 N–H and O–H groups in total. The first kappa shape index (κ1) is 26.3. The average molecular weight is 511 g/mol. The molecule has 0 amide bonds. The molecular formula is C20H26N5O9P. The van der Waals surface area contributed by atoms with Crippen molar-refractivity contribution in [3.63, 3.8) is 0 Å². The number of nitrogen functional groups attached to an aromatic ring is 1. The molecule has 1 aromatic heterocycles. The van der Waals surface area contributed by atoms with E-state index in [9.17, 15) is 24.3 Å². The molecule has 35 heavy (non-hydrogen) atoms. The number of nitrogens with two attached hydrogens (primary N) is 1. The summed E-state index contributed by atoms with van der Waals surface area (Å²) in [6.07, 6.45) is 1.36. The third kappa shape index (κ3) is 7.09. The SMILES string of the molecule is COC(=O)C(C)CNP(=O)(OC[C@@H]1CC[C@H](n2ccc(N)nc2=O)O1)Oc1ccc([N+](=O)[O-])cc1. The Kier molecular flexibility index (Phi) is 8.57. The predicted molar refractivity (Wildman–Crippen MR) is 123 cm³/mol. The van der Waals surface area contributed by atoms with Crippen LogP contribution in [0.25, 0.3) is 0 Å². The normalized spacial score (nSPS) is 20.1. The number of nitro groups is 1. The van der Waals surface area contributed by atoms with Crippen LogP contribution in [0.2, 0.25) is 0 Å². The number of nitro benzene ring substituents is 1. The van der Waals surface area contributed by atoms with E-state index in [2.05, 4.69) is 14.8 Å². The summed E-state index contributed by atoms with van der Waals surface area (Å²) in [5.41, 5.74) is 4.79. The second-order valence-corrected chi connectivity index (χ2v) is 9.51. The fourth-order valence-corrected chi connectivity index (χ4v) is 4.71. The molecule has 0 saturated carbocycles. The number of methoxy groups -OCH3 is 1. The van der Waals surface area contributed by atoms with Gasteiger partial charge in [-0.15, -0.1) is 0 Å². The number of hydrogen-bond donors (Lipinski definition) is 2. The molecule has 190 valence electrons. The van der Waals surface area contributed by atoms with E-state index < -0.39 is 42.6 Å². The topological polar surface area (TPSA) is 187 Å². The van der Waals surface area contributed by atoms with Crippen molar-refractivity contribution >= 4 is 25.2 Å². The zero-order valence-corrected chi connectivity index (χ0v) is 20.0. The van der Waals surface area contributed by atoms with E-state index in [1.54, 1.807) is 6.92 Å². The Morgan fingerprint density at radius 3 is 2.71 bits per heavy atom. The number of anilines is 1. The molecule has 2 aromatic rings. The number of benzene rings is 1. The van der Waals surface area contributed by atoms with Gasteiger partial charge in [0.25, 0.3) is 5.69 Å². The van der Waals surface area contributed by atoms with Crippen LogP contribution in [0.3, 0.4) is 0 Å². The lowest BCUT2D eigenvalue weighted by molar-refractivity contribution is -0.384. The van der Waals surface area contributed by atoms with Crippen molar-refractivity contribution in [1.82, 2.24) is 14.6 Å². The quantitative estimate of drug-likeness (QED) is 0.194. The molecule has 0 spiro atoms. The van der Waals surface area contributed by atoms with E-state index in [1.165, 1.54) is 48.2 Å². The van der Waals surface area contributed by atoms with Gasteiger partial charge in [0.2, 0.25) is 0 Å². The standard InChI is InChI=1S/C20H26N5O9P/c1-13(19(26)31-2)11-22-35(30,34-15-5-3-14(4-6-15)25(28)29)32-12-16-7-8-18(33-16)24-10-9-17(21)23-20(24)27/h3-6,9-10,13,16,18H,7-8,11-12H2,1-2H3,(H,22,30)(H2,21,23,27)/t13?,16-,18+,35?/m0/s1. The summed E-state index contributed by atoms with van der Waals surface area (Å²) in [5, 5.41) is 13.5. The first-order valence-corrected chi connectivity index (χ1v) is 12.2. The van der Waals surface area contributed by atoms with E-state index in [0.29, 0.717) is 12.8 Å². The van der Waals surface area contributed by atoms with E-state index in [4.69, 9.17) is 19.5 Å². The Bertz CT molecular complexity index is 1160. The number of esters is 1. The van der Waals surface area contributed by atoms with E-state index in [1.807, 2.05) is 0 Å². The number of non-ortho nitro benzene ring substituents is 1. The number of nitrogens with zero attached hydrogens (tertiary/aromatic N) is 3. The number of hydrogen-bond acceptors (Lipinski definition) is 11. The van der Waals surface area contributed by atoms with Gasteiger partial charge in [0.1, 0.15) is 17.8 Å². The van der Waals surface area contributed by atoms with Crippen molar-refractivity contribution in [3.8, 4) is 5.75 Å². The minimum Gasteiger partial charge on any atom is -0.469 e. The Morgan fingerprint density at radius 1 is 1.37 bits per heavy atom. The molecule has 4 atom stereocenters. The van der Waals surface area contributed by atoms with Crippen LogP contribution in [0.1, 0.15) is 26.0 Å². The molecule has 2 unspecified atom stereocenters. The molecule has 1 saturated heterocycles.